The number of benzene rings is 2. The molecule has 0 saturated heterocycles. The third kappa shape index (κ3) is 4.57. The summed E-state index contributed by atoms with van der Waals surface area (Å²) in [6, 6.07) is 13.3. The standard InChI is InChI=1S/C21H25NO2/c1-4-17-11-10-16(13-18(17)5-2)12-15(3)22-14-21(24)19-8-6-7-9-20(19)23/h4-11,13,15,21-24H,1-2,12,14H2,3H3. The van der Waals surface area contributed by atoms with Crippen molar-refractivity contribution in [3.05, 3.63) is 77.9 Å². The van der Waals surface area contributed by atoms with E-state index in [0.717, 1.165) is 17.5 Å². The van der Waals surface area contributed by atoms with E-state index in [4.69, 9.17) is 0 Å². The molecule has 0 aliphatic carbocycles. The fraction of sp³-hybridized carbons (Fsp3) is 0.238. The van der Waals surface area contributed by atoms with Crippen molar-refractivity contribution in [2.45, 2.75) is 25.5 Å². The lowest BCUT2D eigenvalue weighted by Crippen LogP contribution is -2.32. The number of nitrogens with one attached hydrogen (secondary N) is 1. The van der Waals surface area contributed by atoms with Gasteiger partial charge in [-0.15, -0.1) is 0 Å². The molecule has 0 amide bonds. The van der Waals surface area contributed by atoms with Crippen LogP contribution in [-0.4, -0.2) is 22.8 Å². The zero-order valence-electron chi connectivity index (χ0n) is 14.1. The quantitative estimate of drug-likeness (QED) is 0.690. The van der Waals surface area contributed by atoms with Crippen molar-refractivity contribution in [2.75, 3.05) is 6.54 Å². The van der Waals surface area contributed by atoms with E-state index in [-0.39, 0.29) is 11.8 Å². The Bertz CT molecular complexity index is 709. The predicted molar refractivity (Wildman–Crippen MR) is 101 cm³/mol. The third-order valence-corrected chi connectivity index (χ3v) is 4.09. The zero-order valence-corrected chi connectivity index (χ0v) is 14.1. The molecule has 0 aliphatic heterocycles. The smallest absolute Gasteiger partial charge is 0.121 e. The monoisotopic (exact) mass is 323 g/mol. The van der Waals surface area contributed by atoms with Crippen LogP contribution in [0.1, 0.15) is 35.3 Å². The minimum absolute atomic E-state index is 0.120. The summed E-state index contributed by atoms with van der Waals surface area (Å²) in [5.41, 5.74) is 3.89. The molecule has 0 heterocycles. The molecule has 0 spiro atoms. The van der Waals surface area contributed by atoms with Gasteiger partial charge in [-0.1, -0.05) is 61.7 Å². The summed E-state index contributed by atoms with van der Waals surface area (Å²) in [5, 5.41) is 23.3. The van der Waals surface area contributed by atoms with Crippen LogP contribution in [0.15, 0.2) is 55.6 Å². The average Bonchev–Trinajstić information content (AvgIpc) is 2.60. The summed E-state index contributed by atoms with van der Waals surface area (Å²) in [5.74, 6) is 0.120. The number of rotatable bonds is 8. The molecule has 2 aromatic carbocycles. The zero-order chi connectivity index (χ0) is 17.5. The lowest BCUT2D eigenvalue weighted by atomic mass is 9.99. The number of para-hydroxylation sites is 1. The van der Waals surface area contributed by atoms with Crippen LogP contribution in [0.2, 0.25) is 0 Å². The van der Waals surface area contributed by atoms with E-state index in [9.17, 15) is 10.2 Å². The highest BCUT2D eigenvalue weighted by Gasteiger charge is 2.13. The molecule has 0 saturated carbocycles. The molecule has 2 atom stereocenters. The van der Waals surface area contributed by atoms with Gasteiger partial charge in [-0.3, -0.25) is 0 Å². The van der Waals surface area contributed by atoms with E-state index in [1.165, 1.54) is 5.56 Å². The number of hydrogen-bond donors (Lipinski definition) is 3. The van der Waals surface area contributed by atoms with Crippen LogP contribution >= 0.6 is 0 Å². The molecule has 0 aromatic heterocycles. The summed E-state index contributed by atoms with van der Waals surface area (Å²) in [4.78, 5) is 0. The summed E-state index contributed by atoms with van der Waals surface area (Å²) < 4.78 is 0. The molecule has 24 heavy (non-hydrogen) atoms. The predicted octanol–water partition coefficient (Wildman–Crippen LogP) is 3.93. The van der Waals surface area contributed by atoms with Crippen LogP contribution in [0, 0.1) is 0 Å². The Morgan fingerprint density at radius 3 is 2.46 bits per heavy atom. The maximum Gasteiger partial charge on any atom is 0.121 e. The third-order valence-electron chi connectivity index (χ3n) is 4.09. The number of phenols is 1. The largest absolute Gasteiger partial charge is 0.508 e. The van der Waals surface area contributed by atoms with Crippen molar-refractivity contribution in [1.82, 2.24) is 5.32 Å². The number of aliphatic hydroxyl groups is 1. The van der Waals surface area contributed by atoms with Crippen molar-refractivity contribution < 1.29 is 10.2 Å². The Morgan fingerprint density at radius 1 is 1.08 bits per heavy atom. The van der Waals surface area contributed by atoms with Crippen molar-refractivity contribution in [3.8, 4) is 5.75 Å². The minimum Gasteiger partial charge on any atom is -0.508 e. The Labute approximate surface area is 144 Å². The van der Waals surface area contributed by atoms with Crippen LogP contribution in [0.5, 0.6) is 5.75 Å². The van der Waals surface area contributed by atoms with Gasteiger partial charge >= 0.3 is 0 Å². The molecule has 2 aromatic rings. The molecule has 3 nitrogen and oxygen atoms in total. The van der Waals surface area contributed by atoms with E-state index >= 15 is 0 Å². The van der Waals surface area contributed by atoms with Crippen LogP contribution in [0.25, 0.3) is 12.2 Å². The minimum atomic E-state index is -0.736. The van der Waals surface area contributed by atoms with Gasteiger partial charge in [0.15, 0.2) is 0 Å². The van der Waals surface area contributed by atoms with Gasteiger partial charge in [0.1, 0.15) is 5.75 Å². The lowest BCUT2D eigenvalue weighted by molar-refractivity contribution is 0.167. The van der Waals surface area contributed by atoms with Crippen molar-refractivity contribution in [3.63, 3.8) is 0 Å². The first-order valence-electron chi connectivity index (χ1n) is 8.12. The van der Waals surface area contributed by atoms with Crippen molar-refractivity contribution >= 4 is 12.2 Å². The number of hydrogen-bond acceptors (Lipinski definition) is 3. The van der Waals surface area contributed by atoms with Crippen LogP contribution in [-0.2, 0) is 6.42 Å². The van der Waals surface area contributed by atoms with Gasteiger partial charge in [0.2, 0.25) is 0 Å². The first-order valence-corrected chi connectivity index (χ1v) is 8.12. The van der Waals surface area contributed by atoms with Crippen molar-refractivity contribution in [2.24, 2.45) is 0 Å². The average molecular weight is 323 g/mol. The Hall–Kier alpha value is -2.36. The maximum absolute atomic E-state index is 10.2. The fourth-order valence-corrected chi connectivity index (χ4v) is 2.73. The maximum atomic E-state index is 10.2. The topological polar surface area (TPSA) is 52.5 Å². The van der Waals surface area contributed by atoms with Gasteiger partial charge in [0, 0.05) is 18.2 Å². The van der Waals surface area contributed by atoms with Gasteiger partial charge in [0.05, 0.1) is 6.10 Å². The van der Waals surface area contributed by atoms with Crippen LogP contribution in [0.3, 0.4) is 0 Å². The summed E-state index contributed by atoms with van der Waals surface area (Å²) in [7, 11) is 0. The second-order valence-corrected chi connectivity index (χ2v) is 5.96. The molecular weight excluding hydrogens is 298 g/mol. The molecule has 0 radical (unpaired) electrons. The summed E-state index contributed by atoms with van der Waals surface area (Å²) in [6.07, 6.45) is 3.76. The second-order valence-electron chi connectivity index (χ2n) is 5.96. The molecule has 3 N–H and O–H groups in total. The molecule has 0 fully saturated rings. The molecule has 0 aliphatic rings. The fourth-order valence-electron chi connectivity index (χ4n) is 2.73. The Morgan fingerprint density at radius 2 is 1.79 bits per heavy atom. The van der Waals surface area contributed by atoms with Crippen LogP contribution < -0.4 is 5.32 Å². The first kappa shape index (κ1) is 18.0. The molecule has 2 unspecified atom stereocenters. The lowest BCUT2D eigenvalue weighted by Gasteiger charge is -2.18. The molecule has 3 heteroatoms. The Kier molecular flexibility index (Phi) is 6.36. The SMILES string of the molecule is C=Cc1ccc(CC(C)NCC(O)c2ccccc2O)cc1C=C. The highest BCUT2D eigenvalue weighted by Crippen LogP contribution is 2.23. The Balaban J connectivity index is 1.94. The van der Waals surface area contributed by atoms with E-state index in [2.05, 4.69) is 37.5 Å². The van der Waals surface area contributed by atoms with Crippen molar-refractivity contribution in [1.29, 1.82) is 0 Å². The highest BCUT2D eigenvalue weighted by molar-refractivity contribution is 5.64. The van der Waals surface area contributed by atoms with Gasteiger partial charge in [-0.05, 0) is 36.1 Å². The molecule has 2 rings (SSSR count). The number of phenolic OH excluding ortho intramolecular Hbond substituents is 1. The van der Waals surface area contributed by atoms with E-state index in [1.54, 1.807) is 24.3 Å². The molecular formula is C21H25NO2. The molecule has 126 valence electrons. The second kappa shape index (κ2) is 8.48. The van der Waals surface area contributed by atoms with E-state index in [0.29, 0.717) is 12.1 Å². The van der Waals surface area contributed by atoms with Crippen LogP contribution in [0.4, 0.5) is 0 Å². The summed E-state index contributed by atoms with van der Waals surface area (Å²) in [6.45, 7) is 10.1. The van der Waals surface area contributed by atoms with E-state index < -0.39 is 6.10 Å². The van der Waals surface area contributed by atoms with Gasteiger partial charge in [0.25, 0.3) is 0 Å². The molecule has 0 bridgehead atoms. The summed E-state index contributed by atoms with van der Waals surface area (Å²) >= 11 is 0. The van der Waals surface area contributed by atoms with Gasteiger partial charge in [-0.25, -0.2) is 0 Å². The van der Waals surface area contributed by atoms with E-state index in [1.807, 2.05) is 18.2 Å². The normalized spacial score (nSPS) is 13.2. The van der Waals surface area contributed by atoms with Gasteiger partial charge < -0.3 is 15.5 Å². The number of aliphatic hydroxyl groups excluding tert-OH is 1. The number of aromatic hydroxyl groups is 1. The first-order chi connectivity index (χ1) is 11.5. The van der Waals surface area contributed by atoms with Gasteiger partial charge in [-0.2, -0.15) is 0 Å². The highest BCUT2D eigenvalue weighted by atomic mass is 16.3.